The van der Waals surface area contributed by atoms with Gasteiger partial charge in [-0.1, -0.05) is 42.5 Å². The van der Waals surface area contributed by atoms with Gasteiger partial charge in [-0.25, -0.2) is 13.2 Å². The van der Waals surface area contributed by atoms with Crippen LogP contribution in [0.1, 0.15) is 10.4 Å². The standard InChI is InChI=1S/C13H11NO4S/c15-13(18-14-19(16)17)12-8-6-11(7-9-12)10-4-2-1-3-5-10/h1-9,19H,(H,14,16,17). The van der Waals surface area contributed by atoms with Crippen LogP contribution < -0.4 is 4.89 Å². The SMILES string of the molecule is O=C(ON[SH](=O)=O)c1ccc(-c2ccccc2)cc1. The van der Waals surface area contributed by atoms with Crippen LogP contribution in [0.25, 0.3) is 11.1 Å². The van der Waals surface area contributed by atoms with Gasteiger partial charge in [0.2, 0.25) is 10.9 Å². The van der Waals surface area contributed by atoms with E-state index < -0.39 is 16.9 Å². The van der Waals surface area contributed by atoms with Crippen LogP contribution >= 0.6 is 0 Å². The molecule has 19 heavy (non-hydrogen) atoms. The van der Waals surface area contributed by atoms with Gasteiger partial charge in [0.05, 0.1) is 5.56 Å². The first-order valence-electron chi connectivity index (χ1n) is 5.43. The predicted molar refractivity (Wildman–Crippen MR) is 70.7 cm³/mol. The smallest absolute Gasteiger partial charge is 0.352 e. The second-order valence-corrected chi connectivity index (χ2v) is 4.38. The number of hydrogen-bond donors (Lipinski definition) is 2. The van der Waals surface area contributed by atoms with Gasteiger partial charge in [-0.15, -0.1) is 0 Å². The first kappa shape index (κ1) is 13.3. The van der Waals surface area contributed by atoms with Crippen LogP contribution in [0.4, 0.5) is 0 Å². The van der Waals surface area contributed by atoms with Crippen molar-refractivity contribution in [3.63, 3.8) is 0 Å². The summed E-state index contributed by atoms with van der Waals surface area (Å²) in [6.07, 6.45) is 0. The molecule has 6 heteroatoms. The van der Waals surface area contributed by atoms with Crippen molar-refractivity contribution in [2.45, 2.75) is 0 Å². The van der Waals surface area contributed by atoms with E-state index in [2.05, 4.69) is 4.84 Å². The van der Waals surface area contributed by atoms with Crippen molar-refractivity contribution < 1.29 is 18.0 Å². The molecule has 0 fully saturated rings. The average molecular weight is 277 g/mol. The maximum Gasteiger partial charge on any atom is 0.357 e. The van der Waals surface area contributed by atoms with Crippen molar-refractivity contribution >= 4 is 16.9 Å². The zero-order valence-electron chi connectivity index (χ0n) is 9.78. The van der Waals surface area contributed by atoms with Gasteiger partial charge >= 0.3 is 5.97 Å². The van der Waals surface area contributed by atoms with E-state index in [1.165, 1.54) is 0 Å². The lowest BCUT2D eigenvalue weighted by Crippen LogP contribution is -2.18. The molecule has 0 radical (unpaired) electrons. The summed E-state index contributed by atoms with van der Waals surface area (Å²) in [5, 5.41) is 0. The molecule has 2 aromatic carbocycles. The number of rotatable bonds is 4. The lowest BCUT2D eigenvalue weighted by molar-refractivity contribution is 0.0414. The molecule has 98 valence electrons. The third-order valence-corrected chi connectivity index (χ3v) is 2.68. The van der Waals surface area contributed by atoms with Crippen molar-refractivity contribution in [1.29, 1.82) is 0 Å². The number of carbonyl (C=O) groups is 1. The van der Waals surface area contributed by atoms with E-state index in [1.807, 2.05) is 30.3 Å². The predicted octanol–water partition coefficient (Wildman–Crippen LogP) is 1.54. The molecule has 0 aliphatic rings. The van der Waals surface area contributed by atoms with Crippen LogP contribution in [0.2, 0.25) is 0 Å². The summed E-state index contributed by atoms with van der Waals surface area (Å²) in [5.74, 6) is -0.751. The van der Waals surface area contributed by atoms with Gasteiger partial charge < -0.3 is 4.84 Å². The minimum Gasteiger partial charge on any atom is -0.352 e. The fraction of sp³-hybridized carbons (Fsp3) is 0. The Morgan fingerprint density at radius 3 is 2.05 bits per heavy atom. The Morgan fingerprint density at radius 2 is 1.47 bits per heavy atom. The van der Waals surface area contributed by atoms with E-state index >= 15 is 0 Å². The van der Waals surface area contributed by atoms with Crippen molar-refractivity contribution in [3.05, 3.63) is 60.2 Å². The summed E-state index contributed by atoms with van der Waals surface area (Å²) in [5.41, 5.74) is 2.26. The molecule has 5 nitrogen and oxygen atoms in total. The Balaban J connectivity index is 2.12. The Morgan fingerprint density at radius 1 is 0.895 bits per heavy atom. The van der Waals surface area contributed by atoms with Crippen molar-refractivity contribution in [1.82, 2.24) is 4.89 Å². The fourth-order valence-corrected chi connectivity index (χ4v) is 1.72. The summed E-state index contributed by atoms with van der Waals surface area (Å²) in [7, 11) is -2.96. The highest BCUT2D eigenvalue weighted by atomic mass is 32.2. The summed E-state index contributed by atoms with van der Waals surface area (Å²) in [6.45, 7) is 0. The van der Waals surface area contributed by atoms with Gasteiger partial charge in [0.1, 0.15) is 0 Å². The molecular weight excluding hydrogens is 266 g/mol. The van der Waals surface area contributed by atoms with Gasteiger partial charge in [0, 0.05) is 0 Å². The summed E-state index contributed by atoms with van der Waals surface area (Å²) in [4.78, 5) is 17.4. The largest absolute Gasteiger partial charge is 0.357 e. The molecule has 0 aromatic heterocycles. The molecule has 0 heterocycles. The Labute approximate surface area is 111 Å². The molecule has 0 bridgehead atoms. The Bertz CT molecular complexity index is 627. The van der Waals surface area contributed by atoms with Gasteiger partial charge in [-0.2, -0.15) is 0 Å². The number of benzene rings is 2. The quantitative estimate of drug-likeness (QED) is 0.657. The van der Waals surface area contributed by atoms with Crippen LogP contribution in [-0.2, 0) is 15.7 Å². The molecule has 0 atom stereocenters. The van der Waals surface area contributed by atoms with Crippen molar-refractivity contribution in [2.24, 2.45) is 0 Å². The molecule has 0 aliphatic heterocycles. The third kappa shape index (κ3) is 3.64. The van der Waals surface area contributed by atoms with Crippen molar-refractivity contribution in [2.75, 3.05) is 0 Å². The third-order valence-electron chi connectivity index (χ3n) is 2.44. The fourth-order valence-electron chi connectivity index (χ4n) is 1.57. The van der Waals surface area contributed by atoms with E-state index in [1.54, 1.807) is 29.2 Å². The maximum atomic E-state index is 11.4. The molecule has 0 spiro atoms. The first-order chi connectivity index (χ1) is 9.16. The maximum absolute atomic E-state index is 11.4. The van der Waals surface area contributed by atoms with Crippen molar-refractivity contribution in [3.8, 4) is 11.1 Å². The molecule has 0 saturated carbocycles. The zero-order chi connectivity index (χ0) is 13.7. The van der Waals surface area contributed by atoms with E-state index in [0.29, 0.717) is 0 Å². The molecule has 1 N–H and O–H groups in total. The molecular formula is C13H11NO4S. The van der Waals surface area contributed by atoms with Crippen LogP contribution in [0.5, 0.6) is 0 Å². The van der Waals surface area contributed by atoms with Gasteiger partial charge in [-0.3, -0.25) is 0 Å². The highest BCUT2D eigenvalue weighted by molar-refractivity contribution is 7.70. The molecule has 0 amide bonds. The van der Waals surface area contributed by atoms with Gasteiger partial charge in [0.15, 0.2) is 0 Å². The Kier molecular flexibility index (Phi) is 4.27. The summed E-state index contributed by atoms with van der Waals surface area (Å²) in [6, 6.07) is 16.4. The normalized spacial score (nSPS) is 10.4. The summed E-state index contributed by atoms with van der Waals surface area (Å²) < 4.78 is 20.4. The first-order valence-corrected chi connectivity index (χ1v) is 6.61. The average Bonchev–Trinajstić information content (AvgIpc) is 2.46. The van der Waals surface area contributed by atoms with E-state index in [0.717, 1.165) is 11.1 Å². The zero-order valence-corrected chi connectivity index (χ0v) is 10.7. The van der Waals surface area contributed by atoms with Crippen LogP contribution in [-0.4, -0.2) is 14.4 Å². The highest BCUT2D eigenvalue weighted by Crippen LogP contribution is 2.19. The molecule has 0 aliphatic carbocycles. The van der Waals surface area contributed by atoms with Crippen LogP contribution in [0.3, 0.4) is 0 Å². The van der Waals surface area contributed by atoms with E-state index in [-0.39, 0.29) is 5.56 Å². The topological polar surface area (TPSA) is 72.5 Å². The lowest BCUT2D eigenvalue weighted by atomic mass is 10.0. The molecule has 0 unspecified atom stereocenters. The molecule has 2 aromatic rings. The Hall–Kier alpha value is -2.18. The second kappa shape index (κ2) is 6.12. The van der Waals surface area contributed by atoms with Crippen LogP contribution in [0, 0.1) is 0 Å². The lowest BCUT2D eigenvalue weighted by Gasteiger charge is -2.03. The second-order valence-electron chi connectivity index (χ2n) is 3.68. The monoisotopic (exact) mass is 277 g/mol. The van der Waals surface area contributed by atoms with Crippen LogP contribution in [0.15, 0.2) is 54.6 Å². The minimum absolute atomic E-state index is 0.268. The van der Waals surface area contributed by atoms with E-state index in [4.69, 9.17) is 0 Å². The van der Waals surface area contributed by atoms with Gasteiger partial charge in [0.25, 0.3) is 0 Å². The minimum atomic E-state index is -2.96. The number of hydrogen-bond acceptors (Lipinski definition) is 4. The van der Waals surface area contributed by atoms with E-state index in [9.17, 15) is 13.2 Å². The highest BCUT2D eigenvalue weighted by Gasteiger charge is 2.07. The number of nitrogens with one attached hydrogen (secondary N) is 1. The van der Waals surface area contributed by atoms with Gasteiger partial charge in [-0.05, 0) is 28.1 Å². The molecule has 0 saturated heterocycles. The number of carbonyl (C=O) groups excluding carboxylic acids is 1. The molecule has 2 rings (SSSR count). The number of thiol groups is 1. The summed E-state index contributed by atoms with van der Waals surface area (Å²) >= 11 is 0.